The minimum Gasteiger partial charge on any atom is -0.384 e. The lowest BCUT2D eigenvalue weighted by molar-refractivity contribution is -0.121. The molecule has 6 heteroatoms. The van der Waals surface area contributed by atoms with Gasteiger partial charge in [0.05, 0.1) is 13.2 Å². The molecule has 0 aromatic heterocycles. The maximum atomic E-state index is 11.1. The van der Waals surface area contributed by atoms with Crippen LogP contribution < -0.4 is 11.3 Å². The minimum atomic E-state index is -0.259. The predicted molar refractivity (Wildman–Crippen MR) is 52.3 cm³/mol. The number of hydrogen-bond acceptors (Lipinski definition) is 5. The first-order chi connectivity index (χ1) is 6.26. The van der Waals surface area contributed by atoms with Gasteiger partial charge in [0.15, 0.2) is 0 Å². The van der Waals surface area contributed by atoms with Gasteiger partial charge in [0.1, 0.15) is 5.25 Å². The van der Waals surface area contributed by atoms with E-state index in [1.165, 1.54) is 11.8 Å². The van der Waals surface area contributed by atoms with Crippen LogP contribution in [0, 0.1) is 0 Å². The fourth-order valence-electron chi connectivity index (χ4n) is 0.718. The van der Waals surface area contributed by atoms with Crippen molar-refractivity contribution in [1.29, 1.82) is 0 Å². The number of rotatable bonds is 7. The van der Waals surface area contributed by atoms with E-state index in [1.807, 2.05) is 0 Å². The Bertz CT molecular complexity index is 146. The summed E-state index contributed by atoms with van der Waals surface area (Å²) < 4.78 is 9.74. The molecule has 0 heterocycles. The van der Waals surface area contributed by atoms with Gasteiger partial charge in [-0.2, -0.15) is 0 Å². The first kappa shape index (κ1) is 12.7. The molecular weight excluding hydrogens is 192 g/mol. The number of methoxy groups -OCH3 is 2. The van der Waals surface area contributed by atoms with Crippen LogP contribution in [0.25, 0.3) is 0 Å². The summed E-state index contributed by atoms with van der Waals surface area (Å²) in [7, 11) is 3.17. The summed E-state index contributed by atoms with van der Waals surface area (Å²) in [5.74, 6) is 5.54. The molecule has 0 aromatic carbocycles. The fourth-order valence-corrected chi connectivity index (χ4v) is 1.72. The summed E-state index contributed by atoms with van der Waals surface area (Å²) >= 11 is 1.46. The summed E-state index contributed by atoms with van der Waals surface area (Å²) in [6.45, 7) is 0.972. The van der Waals surface area contributed by atoms with E-state index in [-0.39, 0.29) is 11.2 Å². The van der Waals surface area contributed by atoms with E-state index < -0.39 is 0 Å². The van der Waals surface area contributed by atoms with Gasteiger partial charge in [-0.1, -0.05) is 0 Å². The summed E-state index contributed by atoms with van der Waals surface area (Å²) in [5.41, 5.74) is 2.10. The van der Waals surface area contributed by atoms with E-state index in [9.17, 15) is 4.79 Å². The lowest BCUT2D eigenvalue weighted by Gasteiger charge is -2.13. The van der Waals surface area contributed by atoms with Crippen molar-refractivity contribution in [3.8, 4) is 0 Å². The van der Waals surface area contributed by atoms with Crippen molar-refractivity contribution in [3.05, 3.63) is 0 Å². The van der Waals surface area contributed by atoms with Crippen molar-refractivity contribution in [2.45, 2.75) is 5.25 Å². The Hall–Kier alpha value is -0.300. The molecule has 0 fully saturated rings. The van der Waals surface area contributed by atoms with Crippen LogP contribution in [0.1, 0.15) is 0 Å². The monoisotopic (exact) mass is 208 g/mol. The number of carbonyl (C=O) groups excluding carboxylic acids is 1. The number of carbonyl (C=O) groups is 1. The van der Waals surface area contributed by atoms with Crippen LogP contribution in [0.5, 0.6) is 0 Å². The second kappa shape index (κ2) is 8.31. The summed E-state index contributed by atoms with van der Waals surface area (Å²) in [6, 6.07) is 0. The molecule has 13 heavy (non-hydrogen) atoms. The Kier molecular flexibility index (Phi) is 8.11. The summed E-state index contributed by atoms with van der Waals surface area (Å²) in [4.78, 5) is 11.1. The van der Waals surface area contributed by atoms with Crippen molar-refractivity contribution < 1.29 is 14.3 Å². The molecule has 0 aromatic rings. The molecule has 0 radical (unpaired) electrons. The van der Waals surface area contributed by atoms with E-state index in [4.69, 9.17) is 15.3 Å². The average Bonchev–Trinajstić information content (AvgIpc) is 2.16. The fraction of sp³-hybridized carbons (Fsp3) is 0.857. The molecule has 3 N–H and O–H groups in total. The molecule has 0 aliphatic carbocycles. The van der Waals surface area contributed by atoms with Gasteiger partial charge in [-0.3, -0.25) is 10.2 Å². The molecule has 0 bridgehead atoms. The van der Waals surface area contributed by atoms with Crippen molar-refractivity contribution in [3.63, 3.8) is 0 Å². The minimum absolute atomic E-state index is 0.219. The zero-order chi connectivity index (χ0) is 10.1. The van der Waals surface area contributed by atoms with Crippen LogP contribution in [0.4, 0.5) is 0 Å². The predicted octanol–water partition coefficient (Wildman–Crippen LogP) is -0.629. The van der Waals surface area contributed by atoms with Gasteiger partial charge < -0.3 is 9.47 Å². The van der Waals surface area contributed by atoms with Crippen molar-refractivity contribution >= 4 is 17.7 Å². The zero-order valence-electron chi connectivity index (χ0n) is 7.91. The standard InChI is InChI=1S/C7H16N2O3S/c1-11-3-4-13-6(5-12-2)7(10)9-8/h6H,3-5,8H2,1-2H3,(H,9,10). The third-order valence-corrected chi connectivity index (χ3v) is 2.51. The average molecular weight is 208 g/mol. The molecule has 0 aliphatic heterocycles. The number of nitrogens with two attached hydrogens (primary N) is 1. The number of thioether (sulfide) groups is 1. The lowest BCUT2D eigenvalue weighted by Crippen LogP contribution is -2.39. The molecule has 0 saturated carbocycles. The van der Waals surface area contributed by atoms with Crippen molar-refractivity contribution in [1.82, 2.24) is 5.43 Å². The molecule has 1 atom stereocenters. The molecule has 0 saturated heterocycles. The summed E-state index contributed by atoms with van der Waals surface area (Å²) in [5, 5.41) is -0.259. The number of ether oxygens (including phenoxy) is 2. The summed E-state index contributed by atoms with van der Waals surface area (Å²) in [6.07, 6.45) is 0. The topological polar surface area (TPSA) is 73.6 Å². The van der Waals surface area contributed by atoms with Crippen LogP contribution >= 0.6 is 11.8 Å². The molecule has 0 rings (SSSR count). The highest BCUT2D eigenvalue weighted by Crippen LogP contribution is 2.10. The molecular formula is C7H16N2O3S. The number of hydrazine groups is 1. The molecule has 0 spiro atoms. The SMILES string of the molecule is COCCSC(COC)C(=O)NN. The second-order valence-electron chi connectivity index (χ2n) is 2.32. The Morgan fingerprint density at radius 1 is 1.54 bits per heavy atom. The molecule has 1 amide bonds. The molecule has 1 unspecified atom stereocenters. The van der Waals surface area contributed by atoms with E-state index in [1.54, 1.807) is 14.2 Å². The number of hydrogen-bond donors (Lipinski definition) is 2. The highest BCUT2D eigenvalue weighted by atomic mass is 32.2. The van der Waals surface area contributed by atoms with Crippen molar-refractivity contribution in [2.75, 3.05) is 33.2 Å². The van der Waals surface area contributed by atoms with Gasteiger partial charge in [0.25, 0.3) is 0 Å². The van der Waals surface area contributed by atoms with E-state index in [0.717, 1.165) is 5.75 Å². The van der Waals surface area contributed by atoms with Crippen LogP contribution in [0.2, 0.25) is 0 Å². The Balaban J connectivity index is 3.73. The van der Waals surface area contributed by atoms with Gasteiger partial charge in [0, 0.05) is 20.0 Å². The maximum absolute atomic E-state index is 11.1. The van der Waals surface area contributed by atoms with E-state index in [2.05, 4.69) is 5.43 Å². The van der Waals surface area contributed by atoms with Gasteiger partial charge in [-0.05, 0) is 0 Å². The first-order valence-corrected chi connectivity index (χ1v) is 4.91. The highest BCUT2D eigenvalue weighted by molar-refractivity contribution is 8.00. The number of amides is 1. The van der Waals surface area contributed by atoms with Gasteiger partial charge in [0.2, 0.25) is 5.91 Å². The van der Waals surface area contributed by atoms with Gasteiger partial charge in [-0.15, -0.1) is 11.8 Å². The third-order valence-electron chi connectivity index (χ3n) is 1.36. The van der Waals surface area contributed by atoms with Crippen LogP contribution in [-0.2, 0) is 14.3 Å². The molecule has 78 valence electrons. The third kappa shape index (κ3) is 5.87. The smallest absolute Gasteiger partial charge is 0.249 e. The van der Waals surface area contributed by atoms with Crippen molar-refractivity contribution in [2.24, 2.45) is 5.84 Å². The molecule has 0 aliphatic rings. The first-order valence-electron chi connectivity index (χ1n) is 3.86. The normalized spacial score (nSPS) is 12.5. The second-order valence-corrected chi connectivity index (χ2v) is 3.63. The zero-order valence-corrected chi connectivity index (χ0v) is 8.73. The van der Waals surface area contributed by atoms with E-state index in [0.29, 0.717) is 13.2 Å². The maximum Gasteiger partial charge on any atom is 0.249 e. The van der Waals surface area contributed by atoms with Crippen LogP contribution in [0.15, 0.2) is 0 Å². The Morgan fingerprint density at radius 3 is 2.69 bits per heavy atom. The van der Waals surface area contributed by atoms with Crippen LogP contribution in [0.3, 0.4) is 0 Å². The van der Waals surface area contributed by atoms with Gasteiger partial charge >= 0.3 is 0 Å². The van der Waals surface area contributed by atoms with Crippen LogP contribution in [-0.4, -0.2) is 44.3 Å². The quantitative estimate of drug-likeness (QED) is 0.252. The number of nitrogens with one attached hydrogen (secondary N) is 1. The molecule has 5 nitrogen and oxygen atoms in total. The lowest BCUT2D eigenvalue weighted by atomic mass is 10.4. The Morgan fingerprint density at radius 2 is 2.23 bits per heavy atom. The van der Waals surface area contributed by atoms with E-state index >= 15 is 0 Å². The highest BCUT2D eigenvalue weighted by Gasteiger charge is 2.17. The Labute approximate surface area is 82.3 Å². The largest absolute Gasteiger partial charge is 0.384 e. The van der Waals surface area contributed by atoms with Gasteiger partial charge in [-0.25, -0.2) is 5.84 Å².